The average Bonchev–Trinajstić information content (AvgIpc) is 2.72. The molecule has 1 heterocycles. The van der Waals surface area contributed by atoms with Crippen LogP contribution in [0.2, 0.25) is 0 Å². The van der Waals surface area contributed by atoms with Gasteiger partial charge >= 0.3 is 0 Å². The van der Waals surface area contributed by atoms with Gasteiger partial charge in [-0.25, -0.2) is 0 Å². The number of nitrogen functional groups attached to an aromatic ring is 1. The number of nitrogens with zero attached hydrogens (tertiary/aromatic N) is 2. The Morgan fingerprint density at radius 1 is 1.43 bits per heavy atom. The maximum absolute atomic E-state index is 12.5. The predicted molar refractivity (Wildman–Crippen MR) is 81.9 cm³/mol. The van der Waals surface area contributed by atoms with Crippen LogP contribution >= 0.6 is 0 Å². The van der Waals surface area contributed by atoms with Crippen LogP contribution in [0.1, 0.15) is 46.2 Å². The zero-order chi connectivity index (χ0) is 15.0. The Balaban J connectivity index is 1.86. The second-order valence-corrected chi connectivity index (χ2v) is 5.59. The Hall–Kier alpha value is -2.30. The van der Waals surface area contributed by atoms with Crippen molar-refractivity contribution in [2.24, 2.45) is 7.05 Å². The number of fused-ring (bicyclic) bond motifs is 1. The first-order valence-electron chi connectivity index (χ1n) is 7.25. The highest BCUT2D eigenvalue weighted by Gasteiger charge is 2.24. The summed E-state index contributed by atoms with van der Waals surface area (Å²) in [4.78, 5) is 12.5. The van der Waals surface area contributed by atoms with Crippen LogP contribution < -0.4 is 11.1 Å². The Morgan fingerprint density at radius 3 is 2.90 bits per heavy atom. The van der Waals surface area contributed by atoms with Gasteiger partial charge in [-0.1, -0.05) is 24.3 Å². The molecule has 21 heavy (non-hydrogen) atoms. The average molecular weight is 284 g/mol. The largest absolute Gasteiger partial charge is 0.395 e. The zero-order valence-electron chi connectivity index (χ0n) is 12.4. The van der Waals surface area contributed by atoms with Crippen LogP contribution in [0, 0.1) is 6.92 Å². The topological polar surface area (TPSA) is 72.9 Å². The molecule has 0 aliphatic heterocycles. The van der Waals surface area contributed by atoms with Crippen molar-refractivity contribution < 1.29 is 4.79 Å². The summed E-state index contributed by atoms with van der Waals surface area (Å²) in [6.07, 6.45) is 3.12. The monoisotopic (exact) mass is 284 g/mol. The lowest BCUT2D eigenvalue weighted by molar-refractivity contribution is 0.0924. The zero-order valence-corrected chi connectivity index (χ0v) is 12.4. The van der Waals surface area contributed by atoms with Crippen LogP contribution in [-0.4, -0.2) is 15.7 Å². The third-order valence-electron chi connectivity index (χ3n) is 4.16. The Morgan fingerprint density at radius 2 is 2.19 bits per heavy atom. The van der Waals surface area contributed by atoms with E-state index in [-0.39, 0.29) is 11.9 Å². The number of hydrogen-bond acceptors (Lipinski definition) is 3. The maximum Gasteiger partial charge on any atom is 0.272 e. The first-order chi connectivity index (χ1) is 10.1. The number of benzene rings is 1. The van der Waals surface area contributed by atoms with Gasteiger partial charge in [0.2, 0.25) is 0 Å². The summed E-state index contributed by atoms with van der Waals surface area (Å²) in [6, 6.07) is 8.35. The van der Waals surface area contributed by atoms with Crippen molar-refractivity contribution in [3.8, 4) is 0 Å². The summed E-state index contributed by atoms with van der Waals surface area (Å²) < 4.78 is 1.55. The van der Waals surface area contributed by atoms with E-state index in [1.165, 1.54) is 11.1 Å². The molecule has 5 nitrogen and oxygen atoms in total. The standard InChI is InChI=1S/C16H20N4O/c1-10-14(17)15(20(2)19-10)16(21)18-13-9-5-7-11-6-3-4-8-12(11)13/h3-4,6,8,13H,5,7,9,17H2,1-2H3,(H,18,21). The molecule has 5 heteroatoms. The van der Waals surface area contributed by atoms with Crippen LogP contribution in [0.5, 0.6) is 0 Å². The van der Waals surface area contributed by atoms with Crippen LogP contribution in [0.15, 0.2) is 24.3 Å². The van der Waals surface area contributed by atoms with Gasteiger partial charge in [0.15, 0.2) is 0 Å². The van der Waals surface area contributed by atoms with Gasteiger partial charge in [-0.2, -0.15) is 5.10 Å². The number of rotatable bonds is 2. The fourth-order valence-corrected chi connectivity index (χ4v) is 3.07. The summed E-state index contributed by atoms with van der Waals surface area (Å²) in [5, 5.41) is 7.31. The number of aryl methyl sites for hydroxylation is 3. The van der Waals surface area contributed by atoms with Crippen molar-refractivity contribution in [3.05, 3.63) is 46.8 Å². The molecule has 0 radical (unpaired) electrons. The number of carbonyl (C=O) groups excluding carboxylic acids is 1. The Bertz CT molecular complexity index is 690. The van der Waals surface area contributed by atoms with Crippen LogP contribution in [0.3, 0.4) is 0 Å². The highest BCUT2D eigenvalue weighted by Crippen LogP contribution is 2.30. The van der Waals surface area contributed by atoms with Gasteiger partial charge in [0, 0.05) is 7.05 Å². The lowest BCUT2D eigenvalue weighted by atomic mass is 9.87. The smallest absolute Gasteiger partial charge is 0.272 e. The molecule has 0 spiro atoms. The summed E-state index contributed by atoms with van der Waals surface area (Å²) in [7, 11) is 1.74. The van der Waals surface area contributed by atoms with Gasteiger partial charge in [-0.3, -0.25) is 9.48 Å². The Kier molecular flexibility index (Phi) is 3.41. The number of aromatic nitrogens is 2. The van der Waals surface area contributed by atoms with Crippen molar-refractivity contribution in [2.45, 2.75) is 32.2 Å². The van der Waals surface area contributed by atoms with E-state index in [1.807, 2.05) is 19.1 Å². The fourth-order valence-electron chi connectivity index (χ4n) is 3.07. The van der Waals surface area contributed by atoms with Crippen LogP contribution in [0.4, 0.5) is 5.69 Å². The van der Waals surface area contributed by atoms with E-state index >= 15 is 0 Å². The van der Waals surface area contributed by atoms with Crippen molar-refractivity contribution in [2.75, 3.05) is 5.73 Å². The molecule has 1 amide bonds. The molecule has 1 aliphatic rings. The Labute approximate surface area is 124 Å². The van der Waals surface area contributed by atoms with Crippen LogP contribution in [0.25, 0.3) is 0 Å². The molecule has 1 atom stereocenters. The van der Waals surface area contributed by atoms with E-state index in [9.17, 15) is 4.79 Å². The van der Waals surface area contributed by atoms with Crippen LogP contribution in [-0.2, 0) is 13.5 Å². The first-order valence-corrected chi connectivity index (χ1v) is 7.25. The van der Waals surface area contributed by atoms with E-state index in [4.69, 9.17) is 5.73 Å². The molecule has 3 N–H and O–H groups in total. The SMILES string of the molecule is Cc1nn(C)c(C(=O)NC2CCCc3ccccc32)c1N. The lowest BCUT2D eigenvalue weighted by Gasteiger charge is -2.26. The molecule has 1 unspecified atom stereocenters. The van der Waals surface area contributed by atoms with Gasteiger partial charge in [0.25, 0.3) is 5.91 Å². The second-order valence-electron chi connectivity index (χ2n) is 5.59. The van der Waals surface area contributed by atoms with Gasteiger partial charge in [-0.15, -0.1) is 0 Å². The molecule has 0 saturated carbocycles. The quantitative estimate of drug-likeness (QED) is 0.887. The molecular formula is C16H20N4O. The molecule has 3 rings (SSSR count). The molecule has 0 bridgehead atoms. The minimum Gasteiger partial charge on any atom is -0.395 e. The predicted octanol–water partition coefficient (Wildman–Crippen LogP) is 2.12. The third-order valence-corrected chi connectivity index (χ3v) is 4.16. The van der Waals surface area contributed by atoms with E-state index in [0.717, 1.165) is 19.3 Å². The molecule has 0 saturated heterocycles. The summed E-state index contributed by atoms with van der Waals surface area (Å²) in [5.41, 5.74) is 10.1. The van der Waals surface area contributed by atoms with Gasteiger partial charge in [0.1, 0.15) is 5.69 Å². The second kappa shape index (κ2) is 5.24. The molecule has 110 valence electrons. The third kappa shape index (κ3) is 2.39. The maximum atomic E-state index is 12.5. The van der Waals surface area contributed by atoms with Gasteiger partial charge in [0.05, 0.1) is 17.4 Å². The summed E-state index contributed by atoms with van der Waals surface area (Å²) in [5.74, 6) is -0.155. The molecule has 1 aromatic heterocycles. The molecule has 2 aromatic rings. The fraction of sp³-hybridized carbons (Fsp3) is 0.375. The van der Waals surface area contributed by atoms with E-state index in [1.54, 1.807) is 11.7 Å². The minimum atomic E-state index is -0.155. The normalized spacial score (nSPS) is 17.3. The molecule has 0 fully saturated rings. The number of amides is 1. The minimum absolute atomic E-state index is 0.0528. The van der Waals surface area contributed by atoms with Gasteiger partial charge < -0.3 is 11.1 Å². The summed E-state index contributed by atoms with van der Waals surface area (Å²) in [6.45, 7) is 1.81. The van der Waals surface area contributed by atoms with E-state index in [2.05, 4.69) is 22.5 Å². The number of carbonyl (C=O) groups is 1. The molecule has 1 aromatic carbocycles. The van der Waals surface area contributed by atoms with Gasteiger partial charge in [-0.05, 0) is 37.3 Å². The number of anilines is 1. The lowest BCUT2D eigenvalue weighted by Crippen LogP contribution is -2.32. The highest BCUT2D eigenvalue weighted by molar-refractivity contribution is 5.98. The van der Waals surface area contributed by atoms with Crippen molar-refractivity contribution in [1.29, 1.82) is 0 Å². The number of hydrogen-bond donors (Lipinski definition) is 2. The summed E-state index contributed by atoms with van der Waals surface area (Å²) >= 11 is 0. The first kappa shape index (κ1) is 13.7. The van der Waals surface area contributed by atoms with Crippen molar-refractivity contribution in [3.63, 3.8) is 0 Å². The number of nitrogens with two attached hydrogens (primary N) is 1. The molecule has 1 aliphatic carbocycles. The van der Waals surface area contributed by atoms with Crippen molar-refractivity contribution >= 4 is 11.6 Å². The number of nitrogens with one attached hydrogen (secondary N) is 1. The van der Waals surface area contributed by atoms with Crippen molar-refractivity contribution in [1.82, 2.24) is 15.1 Å². The molecular weight excluding hydrogens is 264 g/mol. The van der Waals surface area contributed by atoms with E-state index in [0.29, 0.717) is 17.1 Å². The highest BCUT2D eigenvalue weighted by atomic mass is 16.2. The van der Waals surface area contributed by atoms with E-state index < -0.39 is 0 Å².